The third kappa shape index (κ3) is 3.58. The monoisotopic (exact) mass is 338 g/mol. The first-order valence-corrected chi connectivity index (χ1v) is 7.57. The van der Waals surface area contributed by atoms with Crippen molar-refractivity contribution >= 4 is 38.9 Å². The van der Waals surface area contributed by atoms with E-state index in [-0.39, 0.29) is 5.91 Å². The molecule has 0 saturated carbocycles. The SMILES string of the molecule is CNc1ccc(C)cc1C(=O)NCc1cc(Br)cs1. The predicted octanol–water partition coefficient (Wildman–Crippen LogP) is 3.79. The van der Waals surface area contributed by atoms with E-state index < -0.39 is 0 Å². The fourth-order valence-electron chi connectivity index (χ4n) is 1.77. The summed E-state index contributed by atoms with van der Waals surface area (Å²) >= 11 is 5.03. The lowest BCUT2D eigenvalue weighted by Gasteiger charge is -2.10. The summed E-state index contributed by atoms with van der Waals surface area (Å²) in [5.41, 5.74) is 2.59. The number of rotatable bonds is 4. The van der Waals surface area contributed by atoms with Crippen molar-refractivity contribution < 1.29 is 4.79 Å². The summed E-state index contributed by atoms with van der Waals surface area (Å²) in [6.07, 6.45) is 0. The maximum absolute atomic E-state index is 12.2. The number of hydrogen-bond acceptors (Lipinski definition) is 3. The van der Waals surface area contributed by atoms with Gasteiger partial charge in [-0.2, -0.15) is 0 Å². The molecule has 0 spiro atoms. The number of carbonyl (C=O) groups is 1. The van der Waals surface area contributed by atoms with Crippen molar-refractivity contribution in [1.82, 2.24) is 5.32 Å². The third-order valence-electron chi connectivity index (χ3n) is 2.73. The van der Waals surface area contributed by atoms with Crippen molar-refractivity contribution in [3.63, 3.8) is 0 Å². The molecular formula is C14H15BrN2OS. The first-order chi connectivity index (χ1) is 9.10. The van der Waals surface area contributed by atoms with Crippen molar-refractivity contribution in [2.75, 3.05) is 12.4 Å². The Kier molecular flexibility index (Phi) is 4.61. The van der Waals surface area contributed by atoms with Gasteiger partial charge < -0.3 is 10.6 Å². The Labute approximate surface area is 125 Å². The Bertz CT molecular complexity index is 595. The van der Waals surface area contributed by atoms with Gasteiger partial charge in [0.2, 0.25) is 0 Å². The Balaban J connectivity index is 2.09. The number of nitrogens with one attached hydrogen (secondary N) is 2. The second kappa shape index (κ2) is 6.21. The first kappa shape index (κ1) is 14.1. The summed E-state index contributed by atoms with van der Waals surface area (Å²) in [6.45, 7) is 2.53. The minimum Gasteiger partial charge on any atom is -0.387 e. The summed E-state index contributed by atoms with van der Waals surface area (Å²) in [6, 6.07) is 7.82. The van der Waals surface area contributed by atoms with Crippen LogP contribution in [0, 0.1) is 6.92 Å². The molecule has 100 valence electrons. The van der Waals surface area contributed by atoms with Crippen molar-refractivity contribution in [1.29, 1.82) is 0 Å². The van der Waals surface area contributed by atoms with Gasteiger partial charge in [-0.3, -0.25) is 4.79 Å². The van der Waals surface area contributed by atoms with Crippen LogP contribution in [-0.4, -0.2) is 13.0 Å². The Morgan fingerprint density at radius 2 is 2.16 bits per heavy atom. The predicted molar refractivity (Wildman–Crippen MR) is 83.9 cm³/mol. The molecule has 1 aromatic carbocycles. The van der Waals surface area contributed by atoms with Crippen LogP contribution in [0.2, 0.25) is 0 Å². The molecule has 19 heavy (non-hydrogen) atoms. The third-order valence-corrected chi connectivity index (χ3v) is 4.43. The lowest BCUT2D eigenvalue weighted by atomic mass is 10.1. The van der Waals surface area contributed by atoms with Crippen LogP contribution in [-0.2, 0) is 6.54 Å². The number of carbonyl (C=O) groups excluding carboxylic acids is 1. The van der Waals surface area contributed by atoms with Gasteiger partial charge in [0.15, 0.2) is 0 Å². The van der Waals surface area contributed by atoms with Crippen molar-refractivity contribution in [2.45, 2.75) is 13.5 Å². The molecular weight excluding hydrogens is 324 g/mol. The van der Waals surface area contributed by atoms with Crippen LogP contribution in [0.4, 0.5) is 5.69 Å². The van der Waals surface area contributed by atoms with E-state index in [0.29, 0.717) is 12.1 Å². The smallest absolute Gasteiger partial charge is 0.253 e. The molecule has 5 heteroatoms. The molecule has 1 aromatic heterocycles. The molecule has 0 atom stereocenters. The zero-order valence-corrected chi connectivity index (χ0v) is 13.2. The highest BCUT2D eigenvalue weighted by atomic mass is 79.9. The summed E-state index contributed by atoms with van der Waals surface area (Å²) in [4.78, 5) is 13.3. The van der Waals surface area contributed by atoms with Crippen LogP contribution in [0.5, 0.6) is 0 Å². The Morgan fingerprint density at radius 1 is 1.37 bits per heavy atom. The van der Waals surface area contributed by atoms with Crippen molar-refractivity contribution in [2.24, 2.45) is 0 Å². The van der Waals surface area contributed by atoms with Crippen LogP contribution in [0.25, 0.3) is 0 Å². The number of thiophene rings is 1. The first-order valence-electron chi connectivity index (χ1n) is 5.89. The molecule has 0 fully saturated rings. The van der Waals surface area contributed by atoms with Crippen LogP contribution in [0.1, 0.15) is 20.8 Å². The number of halogens is 1. The molecule has 0 bridgehead atoms. The van der Waals surface area contributed by atoms with E-state index in [2.05, 4.69) is 26.6 Å². The summed E-state index contributed by atoms with van der Waals surface area (Å²) < 4.78 is 1.05. The zero-order chi connectivity index (χ0) is 13.8. The molecule has 1 amide bonds. The van der Waals surface area contributed by atoms with Gasteiger partial charge in [0.05, 0.1) is 12.1 Å². The van der Waals surface area contributed by atoms with Gasteiger partial charge in [0.1, 0.15) is 0 Å². The molecule has 2 rings (SSSR count). The minimum absolute atomic E-state index is 0.0578. The van der Waals surface area contributed by atoms with Gasteiger partial charge in [0.25, 0.3) is 5.91 Å². The second-order valence-electron chi connectivity index (χ2n) is 4.21. The summed E-state index contributed by atoms with van der Waals surface area (Å²) in [5, 5.41) is 7.99. The molecule has 0 aliphatic heterocycles. The number of anilines is 1. The number of hydrogen-bond donors (Lipinski definition) is 2. The Hall–Kier alpha value is -1.33. The number of aryl methyl sites for hydroxylation is 1. The quantitative estimate of drug-likeness (QED) is 0.890. The average Bonchev–Trinajstić information content (AvgIpc) is 2.81. The van der Waals surface area contributed by atoms with E-state index >= 15 is 0 Å². The standard InChI is InChI=1S/C14H15BrN2OS/c1-9-3-4-13(16-2)12(5-9)14(18)17-7-11-6-10(15)8-19-11/h3-6,8,16H,7H2,1-2H3,(H,17,18). The second-order valence-corrected chi connectivity index (χ2v) is 6.12. The fourth-order valence-corrected chi connectivity index (χ4v) is 3.16. The van der Waals surface area contributed by atoms with E-state index in [4.69, 9.17) is 0 Å². The molecule has 0 saturated heterocycles. The lowest BCUT2D eigenvalue weighted by molar-refractivity contribution is 0.0952. The highest BCUT2D eigenvalue weighted by Crippen LogP contribution is 2.20. The van der Waals surface area contributed by atoms with Gasteiger partial charge in [-0.05, 0) is 41.1 Å². The van der Waals surface area contributed by atoms with E-state index in [9.17, 15) is 4.79 Å². The van der Waals surface area contributed by atoms with Gasteiger partial charge in [-0.25, -0.2) is 0 Å². The highest BCUT2D eigenvalue weighted by molar-refractivity contribution is 9.10. The molecule has 0 radical (unpaired) electrons. The van der Waals surface area contributed by atoms with Crippen LogP contribution < -0.4 is 10.6 Å². The van der Waals surface area contributed by atoms with Crippen molar-refractivity contribution in [3.8, 4) is 0 Å². The summed E-state index contributed by atoms with van der Waals surface area (Å²) in [7, 11) is 1.82. The van der Waals surface area contributed by atoms with E-state index in [1.165, 1.54) is 0 Å². The van der Waals surface area contributed by atoms with E-state index in [1.807, 2.05) is 43.6 Å². The van der Waals surface area contributed by atoms with Crippen LogP contribution in [0.15, 0.2) is 34.1 Å². The minimum atomic E-state index is -0.0578. The number of benzene rings is 1. The van der Waals surface area contributed by atoms with Crippen LogP contribution >= 0.6 is 27.3 Å². The van der Waals surface area contributed by atoms with Gasteiger partial charge in [-0.1, -0.05) is 11.6 Å². The number of amides is 1. The molecule has 2 aromatic rings. The maximum Gasteiger partial charge on any atom is 0.253 e. The van der Waals surface area contributed by atoms with Crippen molar-refractivity contribution in [3.05, 3.63) is 50.1 Å². The molecule has 3 nitrogen and oxygen atoms in total. The van der Waals surface area contributed by atoms with Gasteiger partial charge >= 0.3 is 0 Å². The van der Waals surface area contributed by atoms with E-state index in [0.717, 1.165) is 20.6 Å². The van der Waals surface area contributed by atoms with Gasteiger partial charge in [0, 0.05) is 27.5 Å². The Morgan fingerprint density at radius 3 is 2.79 bits per heavy atom. The molecule has 2 N–H and O–H groups in total. The average molecular weight is 339 g/mol. The fraction of sp³-hybridized carbons (Fsp3) is 0.214. The molecule has 0 aliphatic rings. The van der Waals surface area contributed by atoms with E-state index in [1.54, 1.807) is 11.3 Å². The highest BCUT2D eigenvalue weighted by Gasteiger charge is 2.11. The lowest BCUT2D eigenvalue weighted by Crippen LogP contribution is -2.23. The molecule has 0 aliphatic carbocycles. The zero-order valence-electron chi connectivity index (χ0n) is 10.8. The maximum atomic E-state index is 12.2. The topological polar surface area (TPSA) is 41.1 Å². The van der Waals surface area contributed by atoms with Gasteiger partial charge in [-0.15, -0.1) is 11.3 Å². The summed E-state index contributed by atoms with van der Waals surface area (Å²) in [5.74, 6) is -0.0578. The normalized spacial score (nSPS) is 10.3. The molecule has 0 unspecified atom stereocenters. The molecule has 1 heterocycles. The largest absolute Gasteiger partial charge is 0.387 e. The van der Waals surface area contributed by atoms with Crippen LogP contribution in [0.3, 0.4) is 0 Å².